The van der Waals surface area contributed by atoms with Gasteiger partial charge < -0.3 is 21.5 Å². The maximum atomic E-state index is 3.39. The van der Waals surface area contributed by atoms with Gasteiger partial charge in [-0.05, 0) is 36.1 Å². The van der Waals surface area contributed by atoms with Crippen LogP contribution in [0.25, 0.3) is 0 Å². The second-order valence-electron chi connectivity index (χ2n) is 6.15. The van der Waals surface area contributed by atoms with Crippen molar-refractivity contribution in [2.45, 2.75) is 12.8 Å². The second kappa shape index (κ2) is 9.33. The molecule has 0 saturated carbocycles. The normalized spacial score (nSPS) is 14.5. The van der Waals surface area contributed by atoms with Crippen molar-refractivity contribution in [1.82, 2.24) is 0 Å². The quantitative estimate of drug-likeness (QED) is 0.532. The average Bonchev–Trinajstić information content (AvgIpc) is 3.06. The van der Waals surface area contributed by atoms with E-state index in [1.54, 1.807) is 0 Å². The molecule has 1 saturated heterocycles. The Labute approximate surface area is 156 Å². The van der Waals surface area contributed by atoms with Crippen molar-refractivity contribution in [3.05, 3.63) is 71.8 Å². The van der Waals surface area contributed by atoms with Crippen LogP contribution in [0, 0.1) is 23.7 Å². The number of quaternary nitrogens is 1. The molecule has 1 heterocycles. The van der Waals surface area contributed by atoms with E-state index >= 15 is 0 Å². The van der Waals surface area contributed by atoms with Gasteiger partial charge in [0.2, 0.25) is 0 Å². The maximum Gasteiger partial charge on any atom is 0.142 e. The highest BCUT2D eigenvalue weighted by atomic mass is 79.9. The van der Waals surface area contributed by atoms with E-state index in [-0.39, 0.29) is 17.0 Å². The molecule has 1 aliphatic rings. The summed E-state index contributed by atoms with van der Waals surface area (Å²) in [6.45, 7) is 4.20. The Morgan fingerprint density at radius 1 is 0.667 bits per heavy atom. The van der Waals surface area contributed by atoms with Gasteiger partial charge in [0.05, 0.1) is 13.1 Å². The molecule has 2 aromatic carbocycles. The van der Waals surface area contributed by atoms with E-state index < -0.39 is 0 Å². The summed E-state index contributed by atoms with van der Waals surface area (Å²) in [6, 6.07) is 20.5. The van der Waals surface area contributed by atoms with Crippen LogP contribution in [0.3, 0.4) is 0 Å². The molecule has 1 nitrogen and oxygen atoms in total. The van der Waals surface area contributed by atoms with Gasteiger partial charge in [-0.15, -0.1) is 0 Å². The van der Waals surface area contributed by atoms with Crippen LogP contribution in [-0.2, 0) is 0 Å². The number of hydrogen-bond acceptors (Lipinski definition) is 0. The van der Waals surface area contributed by atoms with Gasteiger partial charge in [-0.2, -0.15) is 0 Å². The third-order valence-corrected chi connectivity index (χ3v) is 4.36. The molecule has 0 spiro atoms. The van der Waals surface area contributed by atoms with Crippen molar-refractivity contribution in [3.8, 4) is 23.7 Å². The summed E-state index contributed by atoms with van der Waals surface area (Å²) in [5, 5.41) is 0. The van der Waals surface area contributed by atoms with Crippen LogP contribution in [-0.4, -0.2) is 30.7 Å². The Morgan fingerprint density at radius 3 is 1.50 bits per heavy atom. The topological polar surface area (TPSA) is 0 Å². The lowest BCUT2D eigenvalue weighted by Crippen LogP contribution is -3.00. The Morgan fingerprint density at radius 2 is 1.08 bits per heavy atom. The number of hydrogen-bond donors (Lipinski definition) is 0. The molecule has 2 aromatic rings. The lowest BCUT2D eigenvalue weighted by Gasteiger charge is -2.29. The lowest BCUT2D eigenvalue weighted by atomic mass is 10.2. The molecular weight excluding hydrogens is 358 g/mol. The highest BCUT2D eigenvalue weighted by Gasteiger charge is 2.29. The Kier molecular flexibility index (Phi) is 7.13. The fourth-order valence-corrected chi connectivity index (χ4v) is 3.04. The first kappa shape index (κ1) is 18.3. The maximum absolute atomic E-state index is 3.39. The lowest BCUT2D eigenvalue weighted by molar-refractivity contribution is -0.903. The predicted octanol–water partition coefficient (Wildman–Crippen LogP) is 0.704. The average molecular weight is 380 g/mol. The second-order valence-corrected chi connectivity index (χ2v) is 6.15. The molecule has 0 bridgehead atoms. The van der Waals surface area contributed by atoms with Gasteiger partial charge in [-0.1, -0.05) is 48.2 Å². The summed E-state index contributed by atoms with van der Waals surface area (Å²) in [6.07, 6.45) is 2.58. The van der Waals surface area contributed by atoms with Crippen LogP contribution in [0.15, 0.2) is 60.7 Å². The molecule has 2 heteroatoms. The standard InChI is InChI=1S/C22H22N.BrH/c1-3-11-21(12-4-1)15-9-19-23(17-7-8-18-23)20-10-16-22-13-5-2-6-14-22;/h1-6,11-14H,7-8,17-20H2;1H/q+1;/p-1. The zero-order valence-corrected chi connectivity index (χ0v) is 15.4. The number of halogens is 1. The van der Waals surface area contributed by atoms with Crippen LogP contribution in [0.2, 0.25) is 0 Å². The molecule has 0 N–H and O–H groups in total. The summed E-state index contributed by atoms with van der Waals surface area (Å²) < 4.78 is 1.03. The molecule has 3 rings (SSSR count). The van der Waals surface area contributed by atoms with Crippen molar-refractivity contribution in [2.24, 2.45) is 0 Å². The van der Waals surface area contributed by atoms with Crippen molar-refractivity contribution in [2.75, 3.05) is 26.2 Å². The number of nitrogens with zero attached hydrogens (tertiary/aromatic N) is 1. The molecule has 122 valence electrons. The third-order valence-electron chi connectivity index (χ3n) is 4.36. The Bertz CT molecular complexity index is 677. The summed E-state index contributed by atoms with van der Waals surface area (Å²) >= 11 is 0. The van der Waals surface area contributed by atoms with Crippen molar-refractivity contribution >= 4 is 0 Å². The third kappa shape index (κ3) is 5.27. The van der Waals surface area contributed by atoms with Crippen LogP contribution < -0.4 is 17.0 Å². The van der Waals surface area contributed by atoms with Gasteiger partial charge in [0.25, 0.3) is 0 Å². The summed E-state index contributed by atoms with van der Waals surface area (Å²) in [5.74, 6) is 13.4. The monoisotopic (exact) mass is 379 g/mol. The number of rotatable bonds is 2. The number of likely N-dealkylation sites (tertiary alicyclic amines) is 1. The first-order valence-corrected chi connectivity index (χ1v) is 8.29. The van der Waals surface area contributed by atoms with Crippen LogP contribution >= 0.6 is 0 Å². The highest BCUT2D eigenvalue weighted by Crippen LogP contribution is 2.18. The first-order chi connectivity index (χ1) is 11.4. The van der Waals surface area contributed by atoms with E-state index in [4.69, 9.17) is 0 Å². The Hall–Kier alpha value is -2.00. The van der Waals surface area contributed by atoms with Crippen molar-refractivity contribution in [3.63, 3.8) is 0 Å². The van der Waals surface area contributed by atoms with E-state index in [1.807, 2.05) is 36.4 Å². The molecule has 24 heavy (non-hydrogen) atoms. The molecular formula is C22H22BrN. The molecule has 0 aliphatic carbocycles. The molecule has 0 atom stereocenters. The number of benzene rings is 2. The molecule has 0 unspecified atom stereocenters. The highest BCUT2D eigenvalue weighted by molar-refractivity contribution is 5.34. The van der Waals surface area contributed by atoms with E-state index in [2.05, 4.69) is 47.9 Å². The minimum absolute atomic E-state index is 0. The largest absolute Gasteiger partial charge is 1.00 e. The van der Waals surface area contributed by atoms with Gasteiger partial charge in [-0.3, -0.25) is 0 Å². The summed E-state index contributed by atoms with van der Waals surface area (Å²) in [4.78, 5) is 0. The van der Waals surface area contributed by atoms with E-state index in [1.165, 1.54) is 25.9 Å². The van der Waals surface area contributed by atoms with Gasteiger partial charge >= 0.3 is 0 Å². The smallest absolute Gasteiger partial charge is 0.142 e. The van der Waals surface area contributed by atoms with Gasteiger partial charge in [-0.25, -0.2) is 0 Å². The Balaban J connectivity index is 0.00000208. The van der Waals surface area contributed by atoms with Crippen molar-refractivity contribution in [1.29, 1.82) is 0 Å². The fraction of sp³-hybridized carbons (Fsp3) is 0.273. The molecule has 1 aliphatic heterocycles. The van der Waals surface area contributed by atoms with E-state index in [0.717, 1.165) is 28.7 Å². The van der Waals surface area contributed by atoms with Gasteiger partial charge in [0.1, 0.15) is 13.1 Å². The van der Waals surface area contributed by atoms with Crippen LogP contribution in [0.1, 0.15) is 24.0 Å². The van der Waals surface area contributed by atoms with Gasteiger partial charge in [0.15, 0.2) is 0 Å². The molecule has 1 fully saturated rings. The van der Waals surface area contributed by atoms with E-state index in [0.29, 0.717) is 0 Å². The van der Waals surface area contributed by atoms with Gasteiger partial charge in [0, 0.05) is 24.0 Å². The summed E-state index contributed by atoms with van der Waals surface area (Å²) in [5.41, 5.74) is 2.19. The molecule has 0 amide bonds. The zero-order valence-electron chi connectivity index (χ0n) is 13.8. The zero-order chi connectivity index (χ0) is 15.8. The van der Waals surface area contributed by atoms with Crippen LogP contribution in [0.5, 0.6) is 0 Å². The minimum Gasteiger partial charge on any atom is -1.00 e. The molecule has 0 radical (unpaired) electrons. The summed E-state index contributed by atoms with van der Waals surface area (Å²) in [7, 11) is 0. The minimum atomic E-state index is 0. The van der Waals surface area contributed by atoms with Crippen LogP contribution in [0.4, 0.5) is 0 Å². The molecule has 0 aromatic heterocycles. The van der Waals surface area contributed by atoms with Crippen molar-refractivity contribution < 1.29 is 21.5 Å². The first-order valence-electron chi connectivity index (χ1n) is 8.29. The van der Waals surface area contributed by atoms with E-state index in [9.17, 15) is 0 Å². The SMILES string of the molecule is C(#Cc1ccccc1)C[N+]1(CC#Cc2ccccc2)CCCC1.[Br-]. The fourth-order valence-electron chi connectivity index (χ4n) is 3.04. The predicted molar refractivity (Wildman–Crippen MR) is 95.6 cm³/mol.